The first-order valence-corrected chi connectivity index (χ1v) is 3.95. The van der Waals surface area contributed by atoms with Crippen molar-refractivity contribution in [3.05, 3.63) is 11.1 Å². The number of carboxylic acids is 1. The Hall–Kier alpha value is -1.23. The molecule has 0 spiro atoms. The molecule has 0 aromatic rings. The van der Waals surface area contributed by atoms with Gasteiger partial charge in [-0.15, -0.1) is 0 Å². The zero-order valence-corrected chi connectivity index (χ0v) is 7.80. The predicted octanol–water partition coefficient (Wildman–Crippen LogP) is 0.940. The molecule has 5 nitrogen and oxygen atoms in total. The number of rotatable bonds is 4. The van der Waals surface area contributed by atoms with Crippen molar-refractivity contribution in [3.63, 3.8) is 0 Å². The second-order valence-corrected chi connectivity index (χ2v) is 2.39. The van der Waals surface area contributed by atoms with Crippen molar-refractivity contribution in [2.45, 2.75) is 6.92 Å². The Morgan fingerprint density at radius 1 is 1.62 bits per heavy atom. The maximum absolute atomic E-state index is 10.6. The van der Waals surface area contributed by atoms with Gasteiger partial charge in [0.15, 0.2) is 0 Å². The van der Waals surface area contributed by atoms with Gasteiger partial charge >= 0.3 is 12.1 Å². The summed E-state index contributed by atoms with van der Waals surface area (Å²) in [6.45, 7) is 2.04. The smallest absolute Gasteiger partial charge is 0.407 e. The Labute approximate surface area is 80.3 Å². The molecule has 0 aromatic heterocycles. The van der Waals surface area contributed by atoms with Gasteiger partial charge < -0.3 is 15.2 Å². The van der Waals surface area contributed by atoms with E-state index in [2.05, 4.69) is 10.1 Å². The number of amides is 1. The Balaban J connectivity index is 3.72. The molecule has 0 bridgehead atoms. The van der Waals surface area contributed by atoms with Crippen LogP contribution in [0.2, 0.25) is 0 Å². The van der Waals surface area contributed by atoms with Crippen LogP contribution in [0, 0.1) is 0 Å². The number of carbonyl (C=O) groups is 2. The van der Waals surface area contributed by atoms with E-state index >= 15 is 0 Å². The standard InChI is InChI=1S/C7H10ClNO4/c1-2-9-7(12)13-4-3-5(8)6(10)11/h3H,2,4H2,1H3,(H,9,12)(H,10,11). The van der Waals surface area contributed by atoms with Crippen LogP contribution in [0.15, 0.2) is 11.1 Å². The minimum Gasteiger partial charge on any atom is -0.477 e. The second kappa shape index (κ2) is 6.30. The Morgan fingerprint density at radius 3 is 2.69 bits per heavy atom. The molecule has 0 unspecified atom stereocenters. The number of ether oxygens (including phenoxy) is 1. The van der Waals surface area contributed by atoms with E-state index in [9.17, 15) is 9.59 Å². The molecule has 0 aliphatic heterocycles. The van der Waals surface area contributed by atoms with Crippen LogP contribution < -0.4 is 5.32 Å². The third-order valence-electron chi connectivity index (χ3n) is 1.00. The van der Waals surface area contributed by atoms with Crippen LogP contribution in [-0.4, -0.2) is 30.3 Å². The fourth-order valence-corrected chi connectivity index (χ4v) is 0.536. The molecule has 13 heavy (non-hydrogen) atoms. The van der Waals surface area contributed by atoms with Crippen LogP contribution in [0.3, 0.4) is 0 Å². The van der Waals surface area contributed by atoms with Crippen LogP contribution >= 0.6 is 11.6 Å². The minimum atomic E-state index is -1.25. The summed E-state index contributed by atoms with van der Waals surface area (Å²) in [6, 6.07) is 0. The number of hydrogen-bond acceptors (Lipinski definition) is 3. The highest BCUT2D eigenvalue weighted by molar-refractivity contribution is 6.40. The van der Waals surface area contributed by atoms with Crippen molar-refractivity contribution in [3.8, 4) is 0 Å². The summed E-state index contributed by atoms with van der Waals surface area (Å²) >= 11 is 5.23. The normalized spacial score (nSPS) is 10.8. The zero-order chi connectivity index (χ0) is 10.3. The summed E-state index contributed by atoms with van der Waals surface area (Å²) in [4.78, 5) is 20.8. The molecule has 0 heterocycles. The third-order valence-corrected chi connectivity index (χ3v) is 1.32. The van der Waals surface area contributed by atoms with Crippen molar-refractivity contribution < 1.29 is 19.4 Å². The first-order chi connectivity index (χ1) is 6.07. The monoisotopic (exact) mass is 207 g/mol. The first-order valence-electron chi connectivity index (χ1n) is 3.57. The Kier molecular flexibility index (Phi) is 5.71. The van der Waals surface area contributed by atoms with Crippen molar-refractivity contribution in [1.29, 1.82) is 0 Å². The van der Waals surface area contributed by atoms with Gasteiger partial charge in [0.2, 0.25) is 0 Å². The van der Waals surface area contributed by atoms with Crippen LogP contribution in [0.1, 0.15) is 6.92 Å². The molecule has 0 saturated heterocycles. The number of hydrogen-bond donors (Lipinski definition) is 2. The fraction of sp³-hybridized carbons (Fsp3) is 0.429. The highest BCUT2D eigenvalue weighted by atomic mass is 35.5. The van der Waals surface area contributed by atoms with Crippen molar-refractivity contribution >= 4 is 23.7 Å². The van der Waals surface area contributed by atoms with Crippen molar-refractivity contribution in [2.75, 3.05) is 13.2 Å². The lowest BCUT2D eigenvalue weighted by molar-refractivity contribution is -0.131. The van der Waals surface area contributed by atoms with E-state index in [1.165, 1.54) is 0 Å². The van der Waals surface area contributed by atoms with E-state index in [1.807, 2.05) is 0 Å². The van der Waals surface area contributed by atoms with Gasteiger partial charge in [-0.1, -0.05) is 11.6 Å². The molecule has 0 aromatic carbocycles. The minimum absolute atomic E-state index is 0.156. The number of alkyl carbamates (subject to hydrolysis) is 1. The Bertz CT molecular complexity index is 227. The van der Waals surface area contributed by atoms with Crippen LogP contribution in [-0.2, 0) is 9.53 Å². The molecule has 0 aliphatic carbocycles. The molecule has 1 amide bonds. The zero-order valence-electron chi connectivity index (χ0n) is 7.04. The van der Waals surface area contributed by atoms with Gasteiger partial charge in [-0.05, 0) is 13.0 Å². The largest absolute Gasteiger partial charge is 0.477 e. The van der Waals surface area contributed by atoms with Gasteiger partial charge in [0, 0.05) is 6.54 Å². The lowest BCUT2D eigenvalue weighted by atomic mass is 10.5. The van der Waals surface area contributed by atoms with Gasteiger partial charge in [0.1, 0.15) is 11.6 Å². The van der Waals surface area contributed by atoms with Gasteiger partial charge in [-0.2, -0.15) is 0 Å². The topological polar surface area (TPSA) is 75.6 Å². The molecular weight excluding hydrogens is 198 g/mol. The van der Waals surface area contributed by atoms with Crippen molar-refractivity contribution in [2.24, 2.45) is 0 Å². The number of carboxylic acid groups (broad SMARTS) is 1. The lowest BCUT2D eigenvalue weighted by Gasteiger charge is -2.01. The molecule has 0 fully saturated rings. The first kappa shape index (κ1) is 11.8. The van der Waals surface area contributed by atoms with Crippen LogP contribution in [0.4, 0.5) is 4.79 Å². The average molecular weight is 208 g/mol. The molecule has 74 valence electrons. The molecule has 0 aliphatic rings. The number of aliphatic carboxylic acids is 1. The number of nitrogens with one attached hydrogen (secondary N) is 1. The molecule has 6 heteroatoms. The van der Waals surface area contributed by atoms with Crippen LogP contribution in [0.25, 0.3) is 0 Å². The molecule has 0 radical (unpaired) electrons. The Morgan fingerprint density at radius 2 is 2.23 bits per heavy atom. The molecule has 2 N–H and O–H groups in total. The van der Waals surface area contributed by atoms with E-state index in [-0.39, 0.29) is 11.6 Å². The molecule has 0 rings (SSSR count). The van der Waals surface area contributed by atoms with Crippen molar-refractivity contribution in [1.82, 2.24) is 5.32 Å². The summed E-state index contributed by atoms with van der Waals surface area (Å²) < 4.78 is 4.53. The summed E-state index contributed by atoms with van der Waals surface area (Å²) in [5, 5.41) is 10.3. The van der Waals surface area contributed by atoms with Gasteiger partial charge in [-0.3, -0.25) is 0 Å². The fourth-order valence-electron chi connectivity index (χ4n) is 0.473. The van der Waals surface area contributed by atoms with E-state index in [0.29, 0.717) is 6.54 Å². The quantitative estimate of drug-likeness (QED) is 0.673. The average Bonchev–Trinajstić information content (AvgIpc) is 2.04. The summed E-state index contributed by atoms with van der Waals surface area (Å²) in [6.07, 6.45) is 0.493. The molecule has 0 atom stereocenters. The predicted molar refractivity (Wildman–Crippen MR) is 46.6 cm³/mol. The van der Waals surface area contributed by atoms with E-state index in [0.717, 1.165) is 6.08 Å². The lowest BCUT2D eigenvalue weighted by Crippen LogP contribution is -2.23. The number of carbonyl (C=O) groups excluding carboxylic acids is 1. The van der Waals surface area contributed by atoms with E-state index in [1.54, 1.807) is 6.92 Å². The van der Waals surface area contributed by atoms with Gasteiger partial charge in [-0.25, -0.2) is 9.59 Å². The maximum atomic E-state index is 10.6. The SMILES string of the molecule is CCNC(=O)OCC=C(Cl)C(=O)O. The van der Waals surface area contributed by atoms with Gasteiger partial charge in [0.25, 0.3) is 0 Å². The summed E-state index contributed by atoms with van der Waals surface area (Å²) in [7, 11) is 0. The highest BCUT2D eigenvalue weighted by Gasteiger charge is 2.02. The van der Waals surface area contributed by atoms with Crippen LogP contribution in [0.5, 0.6) is 0 Å². The van der Waals surface area contributed by atoms with E-state index in [4.69, 9.17) is 16.7 Å². The maximum Gasteiger partial charge on any atom is 0.407 e. The van der Waals surface area contributed by atoms with Gasteiger partial charge in [0.05, 0.1) is 0 Å². The third kappa shape index (κ3) is 5.98. The number of halogens is 1. The molecule has 0 saturated carbocycles. The summed E-state index contributed by atoms with van der Waals surface area (Å²) in [5.74, 6) is -1.25. The van der Waals surface area contributed by atoms with E-state index < -0.39 is 12.1 Å². The second-order valence-electron chi connectivity index (χ2n) is 1.99. The summed E-state index contributed by atoms with van der Waals surface area (Å²) in [5.41, 5.74) is 0. The molecular formula is C7H10ClNO4. The highest BCUT2D eigenvalue weighted by Crippen LogP contribution is 1.99.